The van der Waals surface area contributed by atoms with Crippen LogP contribution in [0.1, 0.15) is 92.6 Å². The Morgan fingerprint density at radius 2 is 1.46 bits per heavy atom. The minimum Gasteiger partial charge on any atom is -0.474 e. The molecule has 0 aliphatic heterocycles. The van der Waals surface area contributed by atoms with Crippen molar-refractivity contribution in [2.75, 3.05) is 13.1 Å². The zero-order valence-corrected chi connectivity index (χ0v) is 22.0. The number of rotatable bonds is 17. The number of hydrogen-bond acceptors (Lipinski definition) is 3. The van der Waals surface area contributed by atoms with Crippen molar-refractivity contribution in [3.8, 4) is 0 Å². The van der Waals surface area contributed by atoms with Crippen molar-refractivity contribution in [3.63, 3.8) is 0 Å². The highest BCUT2D eigenvalue weighted by Crippen LogP contribution is 2.12. The van der Waals surface area contributed by atoms with E-state index in [1.807, 2.05) is 0 Å². The number of carbonyl (C=O) groups excluding carboxylic acids is 2. The van der Waals surface area contributed by atoms with Gasteiger partial charge in [-0.15, -0.1) is 0 Å². The summed E-state index contributed by atoms with van der Waals surface area (Å²) in [5.41, 5.74) is 1.91. The molecule has 2 amide bonds. The molecule has 0 radical (unpaired) electrons. The Morgan fingerprint density at radius 3 is 2.05 bits per heavy atom. The molecule has 0 aliphatic carbocycles. The van der Waals surface area contributed by atoms with Gasteiger partial charge < -0.3 is 15.3 Å². The first-order chi connectivity index (χ1) is 17.9. The van der Waals surface area contributed by atoms with Gasteiger partial charge in [0.1, 0.15) is 5.82 Å². The van der Waals surface area contributed by atoms with Crippen molar-refractivity contribution in [3.05, 3.63) is 71.0 Å². The molecule has 2 aromatic rings. The third kappa shape index (κ3) is 12.0. The lowest BCUT2D eigenvalue weighted by Gasteiger charge is -2.21. The zero-order chi connectivity index (χ0) is 26.9. The predicted octanol–water partition coefficient (Wildman–Crippen LogP) is 6.13. The normalized spacial score (nSPS) is 10.8. The van der Waals surface area contributed by atoms with Gasteiger partial charge in [0.05, 0.1) is 0 Å². The predicted molar refractivity (Wildman–Crippen MR) is 144 cm³/mol. The smallest absolute Gasteiger partial charge is 0.394 e. The summed E-state index contributed by atoms with van der Waals surface area (Å²) in [4.78, 5) is 37.1. The van der Waals surface area contributed by atoms with E-state index in [0.717, 1.165) is 12.8 Å². The largest absolute Gasteiger partial charge is 0.474 e. The highest BCUT2D eigenvalue weighted by Gasteiger charge is 2.21. The lowest BCUT2D eigenvalue weighted by molar-refractivity contribution is -0.156. The molecule has 0 atom stereocenters. The first-order valence-electron chi connectivity index (χ1n) is 13.5. The molecule has 0 aromatic heterocycles. The first-order valence-corrected chi connectivity index (χ1v) is 13.5. The van der Waals surface area contributed by atoms with E-state index >= 15 is 0 Å². The molecule has 0 unspecified atom stereocenters. The average molecular weight is 513 g/mol. The fourth-order valence-electron chi connectivity index (χ4n) is 4.24. The monoisotopic (exact) mass is 512 g/mol. The molecule has 2 N–H and O–H groups in total. The van der Waals surface area contributed by atoms with Crippen LogP contribution in [0.25, 0.3) is 0 Å². The number of hydrogen-bond donors (Lipinski definition) is 2. The number of amides is 2. The molecule has 0 bridgehead atoms. The topological polar surface area (TPSA) is 86.7 Å². The van der Waals surface area contributed by atoms with E-state index in [4.69, 9.17) is 0 Å². The van der Waals surface area contributed by atoms with Crippen molar-refractivity contribution < 1.29 is 23.9 Å². The van der Waals surface area contributed by atoms with Crippen molar-refractivity contribution in [2.45, 2.75) is 84.1 Å². The second kappa shape index (κ2) is 17.3. The second-order valence-corrected chi connectivity index (χ2v) is 9.55. The third-order valence-corrected chi connectivity index (χ3v) is 6.44. The summed E-state index contributed by atoms with van der Waals surface area (Å²) in [6.07, 6.45) is 12.8. The minimum atomic E-state index is -1.54. The quantitative estimate of drug-likeness (QED) is 0.197. The molecule has 0 saturated heterocycles. The van der Waals surface area contributed by atoms with Crippen LogP contribution < -0.4 is 5.32 Å². The molecule has 37 heavy (non-hydrogen) atoms. The van der Waals surface area contributed by atoms with Crippen LogP contribution in [0.4, 0.5) is 4.39 Å². The van der Waals surface area contributed by atoms with Crippen LogP contribution in [-0.2, 0) is 22.6 Å². The summed E-state index contributed by atoms with van der Waals surface area (Å²) >= 11 is 0. The van der Waals surface area contributed by atoms with E-state index in [-0.39, 0.29) is 24.8 Å². The number of unbranched alkanes of at least 4 members (excludes halogenated alkanes) is 9. The van der Waals surface area contributed by atoms with Gasteiger partial charge in [-0.3, -0.25) is 9.59 Å². The van der Waals surface area contributed by atoms with Crippen LogP contribution in [0, 0.1) is 5.82 Å². The van der Waals surface area contributed by atoms with E-state index in [1.165, 1.54) is 68.4 Å². The number of benzene rings is 2. The molecule has 0 heterocycles. The van der Waals surface area contributed by atoms with E-state index in [1.54, 1.807) is 36.4 Å². The summed E-state index contributed by atoms with van der Waals surface area (Å²) in [6.45, 7) is 3.09. The molecule has 2 rings (SSSR count). The number of carbonyl (C=O) groups is 3. The van der Waals surface area contributed by atoms with Gasteiger partial charge in [-0.05, 0) is 48.2 Å². The van der Waals surface area contributed by atoms with Crippen LogP contribution in [0.15, 0.2) is 48.5 Å². The molecule has 0 saturated carbocycles. The van der Waals surface area contributed by atoms with E-state index in [0.29, 0.717) is 29.7 Å². The van der Waals surface area contributed by atoms with Crippen molar-refractivity contribution in [2.24, 2.45) is 0 Å². The number of halogens is 1. The van der Waals surface area contributed by atoms with Gasteiger partial charge in [-0.1, -0.05) is 89.0 Å². The van der Waals surface area contributed by atoms with Gasteiger partial charge in [0.15, 0.2) is 0 Å². The van der Waals surface area contributed by atoms with E-state index < -0.39 is 11.9 Å². The van der Waals surface area contributed by atoms with Crippen LogP contribution >= 0.6 is 0 Å². The Bertz CT molecular complexity index is 978. The van der Waals surface area contributed by atoms with E-state index in [2.05, 4.69) is 12.2 Å². The highest BCUT2D eigenvalue weighted by molar-refractivity contribution is 6.31. The number of aliphatic carboxylic acids is 1. The van der Waals surface area contributed by atoms with Crippen molar-refractivity contribution >= 4 is 17.8 Å². The summed E-state index contributed by atoms with van der Waals surface area (Å²) < 4.78 is 13.4. The Balaban J connectivity index is 1.74. The Labute approximate surface area is 220 Å². The number of carboxylic acids is 1. The van der Waals surface area contributed by atoms with Crippen LogP contribution in [0.5, 0.6) is 0 Å². The van der Waals surface area contributed by atoms with Gasteiger partial charge >= 0.3 is 11.9 Å². The molecule has 202 valence electrons. The first kappa shape index (κ1) is 30.0. The standard InChI is InChI=1S/C30H41FN2O4/c1-2-3-4-5-6-7-8-9-10-11-20-32-28(34)26-17-15-25(16-18-26)23-33(29(35)30(36)37)21-19-24-13-12-14-27(31)22-24/h12-18,22H,2-11,19-21,23H2,1H3,(H,32,34)(H,36,37). The summed E-state index contributed by atoms with van der Waals surface area (Å²) in [5, 5.41) is 12.1. The fraction of sp³-hybridized carbons (Fsp3) is 0.500. The molecular formula is C30H41FN2O4. The SMILES string of the molecule is CCCCCCCCCCCCNC(=O)c1ccc(CN(CCc2cccc(F)c2)C(=O)C(=O)O)cc1. The molecule has 2 aromatic carbocycles. The molecule has 0 fully saturated rings. The van der Waals surface area contributed by atoms with Gasteiger partial charge in [0.2, 0.25) is 0 Å². The highest BCUT2D eigenvalue weighted by atomic mass is 19.1. The Kier molecular flexibility index (Phi) is 14.0. The Morgan fingerprint density at radius 1 is 0.838 bits per heavy atom. The van der Waals surface area contributed by atoms with Crippen molar-refractivity contribution in [1.82, 2.24) is 10.2 Å². The molecule has 0 aliphatic rings. The van der Waals surface area contributed by atoms with Gasteiger partial charge in [0.25, 0.3) is 5.91 Å². The number of carboxylic acid groups (broad SMARTS) is 1. The van der Waals surface area contributed by atoms with Crippen LogP contribution in [0.3, 0.4) is 0 Å². The fourth-order valence-corrected chi connectivity index (χ4v) is 4.24. The van der Waals surface area contributed by atoms with Gasteiger partial charge in [0, 0.05) is 25.2 Å². The average Bonchev–Trinajstić information content (AvgIpc) is 2.89. The Hall–Kier alpha value is -3.22. The number of nitrogens with zero attached hydrogens (tertiary/aromatic N) is 1. The molecule has 7 heteroatoms. The summed E-state index contributed by atoms with van der Waals surface area (Å²) in [6, 6.07) is 12.8. The summed E-state index contributed by atoms with van der Waals surface area (Å²) in [7, 11) is 0. The molecular weight excluding hydrogens is 471 g/mol. The maximum atomic E-state index is 13.4. The maximum Gasteiger partial charge on any atom is 0.394 e. The lowest BCUT2D eigenvalue weighted by Crippen LogP contribution is -2.37. The van der Waals surface area contributed by atoms with Crippen molar-refractivity contribution in [1.29, 1.82) is 0 Å². The minimum absolute atomic E-state index is 0.0843. The number of nitrogens with one attached hydrogen (secondary N) is 1. The van der Waals surface area contributed by atoms with Gasteiger partial charge in [-0.25, -0.2) is 9.18 Å². The van der Waals surface area contributed by atoms with Crippen LogP contribution in [0.2, 0.25) is 0 Å². The van der Waals surface area contributed by atoms with E-state index in [9.17, 15) is 23.9 Å². The molecule has 0 spiro atoms. The molecule has 6 nitrogen and oxygen atoms in total. The van der Waals surface area contributed by atoms with Crippen LogP contribution in [-0.4, -0.2) is 40.9 Å². The summed E-state index contributed by atoms with van der Waals surface area (Å²) in [5.74, 6) is -3.08. The maximum absolute atomic E-state index is 13.4. The third-order valence-electron chi connectivity index (χ3n) is 6.44. The second-order valence-electron chi connectivity index (χ2n) is 9.55. The van der Waals surface area contributed by atoms with Gasteiger partial charge in [-0.2, -0.15) is 0 Å². The zero-order valence-electron chi connectivity index (χ0n) is 22.0. The lowest BCUT2D eigenvalue weighted by atomic mass is 10.1.